The summed E-state index contributed by atoms with van der Waals surface area (Å²) in [6.07, 6.45) is 0. The summed E-state index contributed by atoms with van der Waals surface area (Å²) in [6.45, 7) is 1.59. The molecule has 160 valence electrons. The number of ether oxygens (including phenoxy) is 3. The summed E-state index contributed by atoms with van der Waals surface area (Å²) < 4.78 is 16.1. The van der Waals surface area contributed by atoms with Gasteiger partial charge >= 0.3 is 0 Å². The highest BCUT2D eigenvalue weighted by Gasteiger charge is 2.42. The largest absolute Gasteiger partial charge is 0.493 e. The molecular weight excluding hydrogens is 384 g/mol. The van der Waals surface area contributed by atoms with Crippen LogP contribution in [0, 0.1) is 5.92 Å². The van der Waals surface area contributed by atoms with Gasteiger partial charge in [-0.3, -0.25) is 9.59 Å². The molecule has 3 rings (SSSR count). The van der Waals surface area contributed by atoms with Gasteiger partial charge in [-0.1, -0.05) is 30.3 Å². The van der Waals surface area contributed by atoms with Crippen LogP contribution in [-0.4, -0.2) is 64.3 Å². The van der Waals surface area contributed by atoms with E-state index in [4.69, 9.17) is 14.2 Å². The number of para-hydroxylation sites is 1. The van der Waals surface area contributed by atoms with E-state index < -0.39 is 5.92 Å². The van der Waals surface area contributed by atoms with Gasteiger partial charge in [0, 0.05) is 43.8 Å². The Morgan fingerprint density at radius 1 is 1.00 bits per heavy atom. The maximum absolute atomic E-state index is 13.0. The number of methoxy groups -OCH3 is 3. The number of hydrogen-bond donors (Lipinski definition) is 1. The average Bonchev–Trinajstić information content (AvgIpc) is 3.24. The summed E-state index contributed by atoms with van der Waals surface area (Å²) in [4.78, 5) is 27.8. The van der Waals surface area contributed by atoms with Crippen LogP contribution < -0.4 is 14.8 Å². The van der Waals surface area contributed by atoms with Crippen LogP contribution in [0.1, 0.15) is 21.8 Å². The second-order valence-electron chi connectivity index (χ2n) is 7.16. The molecule has 1 N–H and O–H groups in total. The topological polar surface area (TPSA) is 77.1 Å². The van der Waals surface area contributed by atoms with Gasteiger partial charge in [-0.05, 0) is 18.2 Å². The lowest BCUT2D eigenvalue weighted by Crippen LogP contribution is -2.37. The maximum Gasteiger partial charge on any atom is 0.253 e. The summed E-state index contributed by atoms with van der Waals surface area (Å²) in [5.74, 6) is 0.371. The molecule has 30 heavy (non-hydrogen) atoms. The quantitative estimate of drug-likeness (QED) is 0.674. The Balaban J connectivity index is 1.92. The number of carbonyl (C=O) groups excluding carboxylic acids is 2. The van der Waals surface area contributed by atoms with Crippen LogP contribution in [0.15, 0.2) is 48.5 Å². The molecule has 0 aromatic heterocycles. The number of amides is 2. The molecule has 0 spiro atoms. The molecule has 2 amide bonds. The Morgan fingerprint density at radius 2 is 1.77 bits per heavy atom. The van der Waals surface area contributed by atoms with Crippen molar-refractivity contribution >= 4 is 11.8 Å². The monoisotopic (exact) mass is 412 g/mol. The van der Waals surface area contributed by atoms with Crippen molar-refractivity contribution in [1.82, 2.24) is 10.2 Å². The van der Waals surface area contributed by atoms with Crippen molar-refractivity contribution in [3.05, 3.63) is 59.7 Å². The third kappa shape index (κ3) is 4.57. The standard InChI is InChI=1S/C23H28N2O5/c1-28-13-12-24-22(26)19-15-25(23(27)16-8-5-4-6-9-16)14-18(19)17-10-7-11-20(29-2)21(17)30-3/h4-11,18-19H,12-15H2,1-3H3,(H,24,26). The molecule has 1 heterocycles. The van der Waals surface area contributed by atoms with E-state index >= 15 is 0 Å². The van der Waals surface area contributed by atoms with Crippen molar-refractivity contribution in [1.29, 1.82) is 0 Å². The third-order valence-corrected chi connectivity index (χ3v) is 5.40. The van der Waals surface area contributed by atoms with E-state index in [1.165, 1.54) is 0 Å². The summed E-state index contributed by atoms with van der Waals surface area (Å²) in [7, 11) is 4.75. The molecule has 2 aromatic carbocycles. The fourth-order valence-corrected chi connectivity index (χ4v) is 3.93. The number of benzene rings is 2. The molecule has 1 aliphatic heterocycles. The van der Waals surface area contributed by atoms with E-state index in [0.29, 0.717) is 43.3 Å². The molecule has 2 atom stereocenters. The third-order valence-electron chi connectivity index (χ3n) is 5.40. The Morgan fingerprint density at radius 3 is 2.43 bits per heavy atom. The van der Waals surface area contributed by atoms with Gasteiger partial charge in [0.15, 0.2) is 11.5 Å². The molecule has 7 nitrogen and oxygen atoms in total. The van der Waals surface area contributed by atoms with Crippen molar-refractivity contribution in [3.8, 4) is 11.5 Å². The van der Waals surface area contributed by atoms with Crippen LogP contribution in [0.5, 0.6) is 11.5 Å². The van der Waals surface area contributed by atoms with Gasteiger partial charge in [0.2, 0.25) is 5.91 Å². The fraction of sp³-hybridized carbons (Fsp3) is 0.391. The maximum atomic E-state index is 13.0. The molecular formula is C23H28N2O5. The Kier molecular flexibility index (Phi) is 7.30. The fourth-order valence-electron chi connectivity index (χ4n) is 3.93. The lowest BCUT2D eigenvalue weighted by molar-refractivity contribution is -0.125. The van der Waals surface area contributed by atoms with Gasteiger partial charge < -0.3 is 24.4 Å². The Bertz CT molecular complexity index is 871. The lowest BCUT2D eigenvalue weighted by atomic mass is 9.87. The second-order valence-corrected chi connectivity index (χ2v) is 7.16. The van der Waals surface area contributed by atoms with Crippen molar-refractivity contribution in [2.45, 2.75) is 5.92 Å². The predicted octanol–water partition coefficient (Wildman–Crippen LogP) is 2.32. The zero-order chi connectivity index (χ0) is 21.5. The number of carbonyl (C=O) groups is 2. The van der Waals surface area contributed by atoms with E-state index in [-0.39, 0.29) is 17.7 Å². The minimum Gasteiger partial charge on any atom is -0.493 e. The first kappa shape index (κ1) is 21.6. The van der Waals surface area contributed by atoms with Crippen LogP contribution in [0.3, 0.4) is 0 Å². The van der Waals surface area contributed by atoms with Crippen molar-refractivity contribution < 1.29 is 23.8 Å². The summed E-state index contributed by atoms with van der Waals surface area (Å²) >= 11 is 0. The predicted molar refractivity (Wildman–Crippen MR) is 113 cm³/mol. The van der Waals surface area contributed by atoms with Crippen molar-refractivity contribution in [2.24, 2.45) is 5.92 Å². The Labute approximate surface area is 176 Å². The van der Waals surface area contributed by atoms with Gasteiger partial charge in [-0.25, -0.2) is 0 Å². The minimum absolute atomic E-state index is 0.0883. The van der Waals surface area contributed by atoms with E-state index in [2.05, 4.69) is 5.32 Å². The van der Waals surface area contributed by atoms with Crippen LogP contribution >= 0.6 is 0 Å². The molecule has 2 unspecified atom stereocenters. The van der Waals surface area contributed by atoms with E-state index in [9.17, 15) is 9.59 Å². The summed E-state index contributed by atoms with van der Waals surface area (Å²) in [5, 5.41) is 2.92. The first-order valence-corrected chi connectivity index (χ1v) is 9.92. The van der Waals surface area contributed by atoms with E-state index in [1.807, 2.05) is 36.4 Å². The molecule has 0 radical (unpaired) electrons. The molecule has 1 aliphatic rings. The second kappa shape index (κ2) is 10.1. The van der Waals surface area contributed by atoms with Gasteiger partial charge in [-0.2, -0.15) is 0 Å². The number of hydrogen-bond acceptors (Lipinski definition) is 5. The van der Waals surface area contributed by atoms with Crippen LogP contribution in [0.25, 0.3) is 0 Å². The van der Waals surface area contributed by atoms with Gasteiger partial charge in [0.25, 0.3) is 5.91 Å². The van der Waals surface area contributed by atoms with Crippen LogP contribution in [0.4, 0.5) is 0 Å². The first-order valence-electron chi connectivity index (χ1n) is 9.92. The van der Waals surface area contributed by atoms with Crippen molar-refractivity contribution in [2.75, 3.05) is 47.6 Å². The van der Waals surface area contributed by atoms with E-state index in [0.717, 1.165) is 5.56 Å². The van der Waals surface area contributed by atoms with E-state index in [1.54, 1.807) is 38.4 Å². The SMILES string of the molecule is COCCNC(=O)C1CN(C(=O)c2ccccc2)CC1c1cccc(OC)c1OC. The first-order chi connectivity index (χ1) is 14.6. The number of nitrogens with one attached hydrogen (secondary N) is 1. The van der Waals surface area contributed by atoms with Crippen molar-refractivity contribution in [3.63, 3.8) is 0 Å². The molecule has 2 aromatic rings. The molecule has 0 bridgehead atoms. The van der Waals surface area contributed by atoms with Gasteiger partial charge in [-0.15, -0.1) is 0 Å². The summed E-state index contributed by atoms with van der Waals surface area (Å²) in [6, 6.07) is 14.7. The highest BCUT2D eigenvalue weighted by molar-refractivity contribution is 5.95. The van der Waals surface area contributed by atoms with Gasteiger partial charge in [0.05, 0.1) is 26.7 Å². The smallest absolute Gasteiger partial charge is 0.253 e. The zero-order valence-corrected chi connectivity index (χ0v) is 17.6. The highest BCUT2D eigenvalue weighted by atomic mass is 16.5. The highest BCUT2D eigenvalue weighted by Crippen LogP contribution is 2.42. The number of likely N-dealkylation sites (tertiary alicyclic amines) is 1. The average molecular weight is 412 g/mol. The molecule has 1 fully saturated rings. The molecule has 1 saturated heterocycles. The molecule has 0 aliphatic carbocycles. The normalized spacial score (nSPS) is 18.2. The van der Waals surface area contributed by atoms with Crippen LogP contribution in [0.2, 0.25) is 0 Å². The molecule has 0 saturated carbocycles. The zero-order valence-electron chi connectivity index (χ0n) is 17.6. The lowest BCUT2D eigenvalue weighted by Gasteiger charge is -2.21. The number of rotatable bonds is 8. The molecule has 7 heteroatoms. The van der Waals surface area contributed by atoms with Crippen LogP contribution in [-0.2, 0) is 9.53 Å². The summed E-state index contributed by atoms with van der Waals surface area (Å²) in [5.41, 5.74) is 1.46. The number of nitrogens with zero attached hydrogens (tertiary/aromatic N) is 1. The van der Waals surface area contributed by atoms with Gasteiger partial charge in [0.1, 0.15) is 0 Å². The minimum atomic E-state index is -0.407. The Hall–Kier alpha value is -3.06.